The Morgan fingerprint density at radius 3 is 2.76 bits per heavy atom. The summed E-state index contributed by atoms with van der Waals surface area (Å²) in [5, 5.41) is 3.35. The molecule has 1 unspecified atom stereocenters. The second-order valence-corrected chi connectivity index (χ2v) is 6.92. The van der Waals surface area contributed by atoms with Gasteiger partial charge in [0.15, 0.2) is 0 Å². The highest BCUT2D eigenvalue weighted by atomic mass is 32.1. The number of carbonyl (C=O) groups is 1. The van der Waals surface area contributed by atoms with Crippen LogP contribution >= 0.6 is 11.3 Å². The van der Waals surface area contributed by atoms with Gasteiger partial charge in [0, 0.05) is 4.88 Å². The third kappa shape index (κ3) is 3.76. The Kier molecular flexibility index (Phi) is 4.94. The van der Waals surface area contributed by atoms with Crippen molar-refractivity contribution in [3.8, 4) is 0 Å². The summed E-state index contributed by atoms with van der Waals surface area (Å²) in [6, 6.07) is 7.50. The first-order valence-electron chi connectivity index (χ1n) is 8.00. The van der Waals surface area contributed by atoms with Gasteiger partial charge in [0.2, 0.25) is 5.91 Å². The highest BCUT2D eigenvalue weighted by molar-refractivity contribution is 7.18. The number of carbonyl (C=O) groups excluding carboxylic acids is 1. The summed E-state index contributed by atoms with van der Waals surface area (Å²) < 4.78 is 14.3. The summed E-state index contributed by atoms with van der Waals surface area (Å²) in [7, 11) is 0. The first-order chi connectivity index (χ1) is 12.0. The van der Waals surface area contributed by atoms with E-state index in [0.29, 0.717) is 10.2 Å². The molecule has 1 aromatic carbocycles. The molecule has 25 heavy (non-hydrogen) atoms. The molecule has 1 N–H and O–H groups in total. The first-order valence-corrected chi connectivity index (χ1v) is 8.82. The van der Waals surface area contributed by atoms with Crippen LogP contribution in [0.5, 0.6) is 0 Å². The Balaban J connectivity index is 1.74. The largest absolute Gasteiger partial charge is 0.348 e. The summed E-state index contributed by atoms with van der Waals surface area (Å²) in [6.45, 7) is 3.72. The van der Waals surface area contributed by atoms with Gasteiger partial charge in [-0.3, -0.25) is 14.2 Å². The van der Waals surface area contributed by atoms with Crippen molar-refractivity contribution in [3.05, 3.63) is 63.3 Å². The molecule has 3 aromatic rings. The molecule has 0 saturated heterocycles. The SMILES string of the molecule is CCc1cc2c(=O)n(CC(=O)NC(C)c3ccc(F)cc3)cnc2s1. The Hall–Kier alpha value is -2.54. The maximum absolute atomic E-state index is 13.0. The highest BCUT2D eigenvalue weighted by Gasteiger charge is 2.13. The van der Waals surface area contributed by atoms with Gasteiger partial charge in [-0.15, -0.1) is 11.3 Å². The molecule has 0 spiro atoms. The maximum atomic E-state index is 13.0. The van der Waals surface area contributed by atoms with E-state index in [1.54, 1.807) is 12.1 Å². The van der Waals surface area contributed by atoms with E-state index in [-0.39, 0.29) is 29.9 Å². The molecule has 2 aromatic heterocycles. The van der Waals surface area contributed by atoms with Gasteiger partial charge in [0.1, 0.15) is 17.2 Å². The van der Waals surface area contributed by atoms with Crippen molar-refractivity contribution in [3.63, 3.8) is 0 Å². The quantitative estimate of drug-likeness (QED) is 0.762. The second-order valence-electron chi connectivity index (χ2n) is 5.80. The van der Waals surface area contributed by atoms with Crippen LogP contribution in [0.2, 0.25) is 0 Å². The number of nitrogens with one attached hydrogen (secondary N) is 1. The smallest absolute Gasteiger partial charge is 0.262 e. The molecule has 0 fully saturated rings. The van der Waals surface area contributed by atoms with Crippen LogP contribution in [0.4, 0.5) is 4.39 Å². The van der Waals surface area contributed by atoms with Crippen LogP contribution in [-0.4, -0.2) is 15.5 Å². The van der Waals surface area contributed by atoms with Gasteiger partial charge >= 0.3 is 0 Å². The molecule has 3 rings (SSSR count). The number of halogens is 1. The summed E-state index contributed by atoms with van der Waals surface area (Å²) in [6.07, 6.45) is 2.25. The zero-order valence-electron chi connectivity index (χ0n) is 14.0. The Morgan fingerprint density at radius 1 is 1.36 bits per heavy atom. The number of aryl methyl sites for hydroxylation is 1. The van der Waals surface area contributed by atoms with Crippen molar-refractivity contribution in [1.29, 1.82) is 0 Å². The fourth-order valence-corrected chi connectivity index (χ4v) is 3.50. The van der Waals surface area contributed by atoms with Gasteiger partial charge in [-0.1, -0.05) is 19.1 Å². The summed E-state index contributed by atoms with van der Waals surface area (Å²) in [5.41, 5.74) is 0.576. The molecule has 1 atom stereocenters. The van der Waals surface area contributed by atoms with E-state index < -0.39 is 0 Å². The van der Waals surface area contributed by atoms with Crippen molar-refractivity contribution in [1.82, 2.24) is 14.9 Å². The number of hydrogen-bond acceptors (Lipinski definition) is 4. The molecule has 0 aliphatic carbocycles. The van der Waals surface area contributed by atoms with Crippen LogP contribution in [0.3, 0.4) is 0 Å². The molecular weight excluding hydrogens is 341 g/mol. The number of thiophene rings is 1. The predicted molar refractivity (Wildman–Crippen MR) is 96.2 cm³/mol. The number of hydrogen-bond donors (Lipinski definition) is 1. The molecule has 7 heteroatoms. The molecule has 1 amide bonds. The van der Waals surface area contributed by atoms with E-state index in [0.717, 1.165) is 16.9 Å². The van der Waals surface area contributed by atoms with Crippen molar-refractivity contribution < 1.29 is 9.18 Å². The van der Waals surface area contributed by atoms with Crippen LogP contribution in [0.1, 0.15) is 30.3 Å². The minimum atomic E-state index is -0.324. The van der Waals surface area contributed by atoms with Crippen LogP contribution in [0.25, 0.3) is 10.2 Å². The fourth-order valence-electron chi connectivity index (χ4n) is 2.57. The second kappa shape index (κ2) is 7.14. The minimum Gasteiger partial charge on any atom is -0.348 e. The average Bonchev–Trinajstić information content (AvgIpc) is 3.02. The third-order valence-electron chi connectivity index (χ3n) is 3.98. The average molecular weight is 359 g/mol. The molecular formula is C18H18FN3O2S. The summed E-state index contributed by atoms with van der Waals surface area (Å²) >= 11 is 1.49. The number of rotatable bonds is 5. The number of fused-ring (bicyclic) bond motifs is 1. The van der Waals surface area contributed by atoms with Crippen LogP contribution in [0.15, 0.2) is 41.5 Å². The zero-order chi connectivity index (χ0) is 18.0. The standard InChI is InChI=1S/C18H18FN3O2S/c1-3-14-8-15-17(25-14)20-10-22(18(15)24)9-16(23)21-11(2)12-4-6-13(19)7-5-12/h4-8,10-11H,3,9H2,1-2H3,(H,21,23). The van der Waals surface area contributed by atoms with Gasteiger partial charge in [0.05, 0.1) is 17.8 Å². The Labute approximate surface area is 148 Å². The molecule has 0 bridgehead atoms. The van der Waals surface area contributed by atoms with Gasteiger partial charge in [-0.2, -0.15) is 0 Å². The molecule has 2 heterocycles. The zero-order valence-corrected chi connectivity index (χ0v) is 14.8. The lowest BCUT2D eigenvalue weighted by Gasteiger charge is -2.14. The Bertz CT molecular complexity index is 963. The van der Waals surface area contributed by atoms with E-state index in [1.165, 1.54) is 34.4 Å². The lowest BCUT2D eigenvalue weighted by molar-refractivity contribution is -0.122. The van der Waals surface area contributed by atoms with Gasteiger partial charge in [0.25, 0.3) is 5.56 Å². The van der Waals surface area contributed by atoms with Crippen molar-refractivity contribution in [2.75, 3.05) is 0 Å². The van der Waals surface area contributed by atoms with Crippen molar-refractivity contribution >= 4 is 27.5 Å². The van der Waals surface area contributed by atoms with E-state index in [1.807, 2.05) is 19.9 Å². The molecule has 0 saturated carbocycles. The monoisotopic (exact) mass is 359 g/mol. The van der Waals surface area contributed by atoms with Crippen LogP contribution < -0.4 is 10.9 Å². The number of nitrogens with zero attached hydrogens (tertiary/aromatic N) is 2. The molecule has 0 aliphatic heterocycles. The lowest BCUT2D eigenvalue weighted by atomic mass is 10.1. The molecule has 5 nitrogen and oxygen atoms in total. The molecule has 0 aliphatic rings. The first kappa shape index (κ1) is 17.3. The van der Waals surface area contributed by atoms with Gasteiger partial charge < -0.3 is 5.32 Å². The van der Waals surface area contributed by atoms with Crippen LogP contribution in [0, 0.1) is 5.82 Å². The molecule has 130 valence electrons. The summed E-state index contributed by atoms with van der Waals surface area (Å²) in [4.78, 5) is 30.8. The fraction of sp³-hybridized carbons (Fsp3) is 0.278. The highest BCUT2D eigenvalue weighted by Crippen LogP contribution is 2.21. The van der Waals surface area contributed by atoms with Gasteiger partial charge in [-0.25, -0.2) is 9.37 Å². The number of aromatic nitrogens is 2. The van der Waals surface area contributed by atoms with E-state index in [4.69, 9.17) is 0 Å². The topological polar surface area (TPSA) is 64.0 Å². The molecule has 0 radical (unpaired) electrons. The number of benzene rings is 1. The van der Waals surface area contributed by atoms with Gasteiger partial charge in [-0.05, 0) is 37.1 Å². The lowest BCUT2D eigenvalue weighted by Crippen LogP contribution is -2.33. The summed E-state index contributed by atoms with van der Waals surface area (Å²) in [5.74, 6) is -0.624. The number of amides is 1. The third-order valence-corrected chi connectivity index (χ3v) is 5.17. The van der Waals surface area contributed by atoms with E-state index in [2.05, 4.69) is 10.3 Å². The minimum absolute atomic E-state index is 0.107. The normalized spacial score (nSPS) is 12.3. The predicted octanol–water partition coefficient (Wildman–Crippen LogP) is 3.04. The Morgan fingerprint density at radius 2 is 2.08 bits per heavy atom. The van der Waals surface area contributed by atoms with Crippen LogP contribution in [-0.2, 0) is 17.8 Å². The van der Waals surface area contributed by atoms with Crippen molar-refractivity contribution in [2.24, 2.45) is 0 Å². The van der Waals surface area contributed by atoms with Crippen molar-refractivity contribution in [2.45, 2.75) is 32.9 Å². The van der Waals surface area contributed by atoms with E-state index in [9.17, 15) is 14.0 Å². The maximum Gasteiger partial charge on any atom is 0.262 e. The van der Waals surface area contributed by atoms with E-state index >= 15 is 0 Å².